The standard InChI is InChI=1S/C12H17N3O/c1-8(2)12-10-6-15(9(3)16)5-4-11(10)13-7-14-12/h7-8H,4-6H2,1-3H3. The fourth-order valence-corrected chi connectivity index (χ4v) is 2.13. The van der Waals surface area contributed by atoms with Gasteiger partial charge in [-0.3, -0.25) is 4.79 Å². The van der Waals surface area contributed by atoms with E-state index in [9.17, 15) is 4.79 Å². The van der Waals surface area contributed by atoms with Gasteiger partial charge in [0.1, 0.15) is 6.33 Å². The lowest BCUT2D eigenvalue weighted by molar-refractivity contribution is -0.129. The Bertz CT molecular complexity index is 415. The van der Waals surface area contributed by atoms with Crippen LogP contribution >= 0.6 is 0 Å². The minimum Gasteiger partial charge on any atom is -0.338 e. The van der Waals surface area contributed by atoms with Gasteiger partial charge in [-0.05, 0) is 5.92 Å². The third-order valence-corrected chi connectivity index (χ3v) is 3.03. The minimum absolute atomic E-state index is 0.129. The maximum atomic E-state index is 11.4. The highest BCUT2D eigenvalue weighted by molar-refractivity contribution is 5.73. The van der Waals surface area contributed by atoms with Gasteiger partial charge < -0.3 is 4.90 Å². The second-order valence-electron chi connectivity index (χ2n) is 4.53. The van der Waals surface area contributed by atoms with Crippen molar-refractivity contribution in [2.24, 2.45) is 0 Å². The molecule has 0 saturated heterocycles. The third-order valence-electron chi connectivity index (χ3n) is 3.03. The van der Waals surface area contributed by atoms with Gasteiger partial charge in [0.05, 0.1) is 11.4 Å². The summed E-state index contributed by atoms with van der Waals surface area (Å²) in [5, 5.41) is 0. The zero-order valence-electron chi connectivity index (χ0n) is 10.0. The van der Waals surface area contributed by atoms with Gasteiger partial charge in [-0.1, -0.05) is 13.8 Å². The quantitative estimate of drug-likeness (QED) is 0.719. The summed E-state index contributed by atoms with van der Waals surface area (Å²) in [6.07, 6.45) is 2.48. The van der Waals surface area contributed by atoms with E-state index in [0.717, 1.165) is 29.9 Å². The molecule has 1 amide bonds. The zero-order valence-corrected chi connectivity index (χ0v) is 10.0. The normalized spacial score (nSPS) is 15.1. The molecule has 2 heterocycles. The minimum atomic E-state index is 0.129. The number of hydrogen-bond acceptors (Lipinski definition) is 3. The first-order valence-corrected chi connectivity index (χ1v) is 5.67. The van der Waals surface area contributed by atoms with Crippen molar-refractivity contribution in [3.63, 3.8) is 0 Å². The second-order valence-corrected chi connectivity index (χ2v) is 4.53. The molecule has 0 atom stereocenters. The molecule has 1 aliphatic rings. The number of aromatic nitrogens is 2. The highest BCUT2D eigenvalue weighted by atomic mass is 16.2. The summed E-state index contributed by atoms with van der Waals surface area (Å²) in [6.45, 7) is 7.30. The van der Waals surface area contributed by atoms with Gasteiger partial charge in [0.25, 0.3) is 0 Å². The number of nitrogens with zero attached hydrogens (tertiary/aromatic N) is 3. The number of fused-ring (bicyclic) bond motifs is 1. The van der Waals surface area contributed by atoms with Gasteiger partial charge in [0.2, 0.25) is 5.91 Å². The lowest BCUT2D eigenvalue weighted by Crippen LogP contribution is -2.35. The highest BCUT2D eigenvalue weighted by Crippen LogP contribution is 2.24. The number of amides is 1. The molecule has 0 saturated carbocycles. The van der Waals surface area contributed by atoms with Crippen LogP contribution in [0.2, 0.25) is 0 Å². The van der Waals surface area contributed by atoms with Crippen LogP contribution in [0.25, 0.3) is 0 Å². The molecule has 0 aromatic carbocycles. The fraction of sp³-hybridized carbons (Fsp3) is 0.583. The van der Waals surface area contributed by atoms with Gasteiger partial charge in [-0.25, -0.2) is 9.97 Å². The molecule has 0 fully saturated rings. The molecule has 0 aliphatic carbocycles. The molecule has 0 unspecified atom stereocenters. The van der Waals surface area contributed by atoms with E-state index < -0.39 is 0 Å². The topological polar surface area (TPSA) is 46.1 Å². The van der Waals surface area contributed by atoms with Crippen LogP contribution < -0.4 is 0 Å². The van der Waals surface area contributed by atoms with Crippen LogP contribution in [-0.2, 0) is 17.8 Å². The van der Waals surface area contributed by atoms with Gasteiger partial charge in [-0.15, -0.1) is 0 Å². The SMILES string of the molecule is CC(=O)N1CCc2ncnc(C(C)C)c2C1. The van der Waals surface area contributed by atoms with E-state index in [4.69, 9.17) is 0 Å². The molecular weight excluding hydrogens is 202 g/mol. The molecule has 0 spiro atoms. The number of carbonyl (C=O) groups is 1. The molecule has 1 aromatic rings. The summed E-state index contributed by atoms with van der Waals surface area (Å²) in [7, 11) is 0. The van der Waals surface area contributed by atoms with Crippen LogP contribution in [0.4, 0.5) is 0 Å². The molecule has 86 valence electrons. The van der Waals surface area contributed by atoms with Crippen molar-refractivity contribution in [1.82, 2.24) is 14.9 Å². The maximum Gasteiger partial charge on any atom is 0.219 e. The Balaban J connectivity index is 2.38. The van der Waals surface area contributed by atoms with Crippen molar-refractivity contribution in [2.75, 3.05) is 6.54 Å². The second kappa shape index (κ2) is 4.20. The fourth-order valence-electron chi connectivity index (χ4n) is 2.13. The smallest absolute Gasteiger partial charge is 0.219 e. The molecule has 16 heavy (non-hydrogen) atoms. The molecule has 2 rings (SSSR count). The van der Waals surface area contributed by atoms with Crippen molar-refractivity contribution in [3.8, 4) is 0 Å². The van der Waals surface area contributed by atoms with E-state index in [1.807, 2.05) is 4.90 Å². The van der Waals surface area contributed by atoms with Crippen LogP contribution in [0.1, 0.15) is 43.6 Å². The van der Waals surface area contributed by atoms with Gasteiger partial charge in [-0.2, -0.15) is 0 Å². The van der Waals surface area contributed by atoms with E-state index in [-0.39, 0.29) is 5.91 Å². The number of hydrogen-bond donors (Lipinski definition) is 0. The first-order valence-electron chi connectivity index (χ1n) is 5.67. The predicted molar refractivity (Wildman–Crippen MR) is 60.9 cm³/mol. The number of rotatable bonds is 1. The summed E-state index contributed by atoms with van der Waals surface area (Å²) >= 11 is 0. The Kier molecular flexibility index (Phi) is 2.90. The Morgan fingerprint density at radius 1 is 1.44 bits per heavy atom. The van der Waals surface area contributed by atoms with Crippen molar-refractivity contribution in [1.29, 1.82) is 0 Å². The summed E-state index contributed by atoms with van der Waals surface area (Å²) in [5.74, 6) is 0.507. The maximum absolute atomic E-state index is 11.4. The Labute approximate surface area is 95.7 Å². The largest absolute Gasteiger partial charge is 0.338 e. The Morgan fingerprint density at radius 2 is 2.19 bits per heavy atom. The van der Waals surface area contributed by atoms with E-state index in [1.165, 1.54) is 0 Å². The summed E-state index contributed by atoms with van der Waals surface area (Å²) < 4.78 is 0. The zero-order chi connectivity index (χ0) is 11.7. The van der Waals surface area contributed by atoms with E-state index in [0.29, 0.717) is 12.5 Å². The van der Waals surface area contributed by atoms with Crippen molar-refractivity contribution >= 4 is 5.91 Å². The van der Waals surface area contributed by atoms with Crippen molar-refractivity contribution in [3.05, 3.63) is 23.3 Å². The molecule has 4 nitrogen and oxygen atoms in total. The van der Waals surface area contributed by atoms with Crippen LogP contribution in [0.3, 0.4) is 0 Å². The number of carbonyl (C=O) groups excluding carboxylic acids is 1. The molecule has 1 aromatic heterocycles. The molecule has 0 bridgehead atoms. The van der Waals surface area contributed by atoms with Crippen molar-refractivity contribution < 1.29 is 4.79 Å². The Morgan fingerprint density at radius 3 is 2.81 bits per heavy atom. The molecule has 1 aliphatic heterocycles. The first-order chi connectivity index (χ1) is 7.59. The van der Waals surface area contributed by atoms with Crippen molar-refractivity contribution in [2.45, 2.75) is 39.7 Å². The lowest BCUT2D eigenvalue weighted by atomic mass is 9.98. The lowest BCUT2D eigenvalue weighted by Gasteiger charge is -2.28. The average molecular weight is 219 g/mol. The summed E-state index contributed by atoms with van der Waals surface area (Å²) in [6, 6.07) is 0. The highest BCUT2D eigenvalue weighted by Gasteiger charge is 2.23. The predicted octanol–water partition coefficient (Wildman–Crippen LogP) is 1.50. The van der Waals surface area contributed by atoms with Gasteiger partial charge in [0, 0.05) is 32.0 Å². The van der Waals surface area contributed by atoms with E-state index >= 15 is 0 Å². The molecular formula is C12H17N3O. The van der Waals surface area contributed by atoms with Crippen LogP contribution in [0, 0.1) is 0 Å². The van der Waals surface area contributed by atoms with Crippen LogP contribution in [0.5, 0.6) is 0 Å². The van der Waals surface area contributed by atoms with E-state index in [1.54, 1.807) is 13.3 Å². The Hall–Kier alpha value is -1.45. The van der Waals surface area contributed by atoms with Gasteiger partial charge >= 0.3 is 0 Å². The molecule has 0 N–H and O–H groups in total. The van der Waals surface area contributed by atoms with Gasteiger partial charge in [0.15, 0.2) is 0 Å². The molecule has 4 heteroatoms. The summed E-state index contributed by atoms with van der Waals surface area (Å²) in [5.41, 5.74) is 3.34. The van der Waals surface area contributed by atoms with Crippen LogP contribution in [0.15, 0.2) is 6.33 Å². The summed E-state index contributed by atoms with van der Waals surface area (Å²) in [4.78, 5) is 21.9. The van der Waals surface area contributed by atoms with E-state index in [2.05, 4.69) is 23.8 Å². The third kappa shape index (κ3) is 1.92. The molecule has 0 radical (unpaired) electrons. The average Bonchev–Trinajstić information content (AvgIpc) is 2.27. The first kappa shape index (κ1) is 11.0. The monoisotopic (exact) mass is 219 g/mol. The van der Waals surface area contributed by atoms with Crippen LogP contribution in [-0.4, -0.2) is 27.3 Å².